The van der Waals surface area contributed by atoms with Crippen molar-refractivity contribution in [3.8, 4) is 10.6 Å². The van der Waals surface area contributed by atoms with Crippen molar-refractivity contribution in [2.45, 2.75) is 26.4 Å². The van der Waals surface area contributed by atoms with Gasteiger partial charge in [0.1, 0.15) is 15.6 Å². The molecule has 128 valence electrons. The average molecular weight is 434 g/mol. The predicted molar refractivity (Wildman–Crippen MR) is 97.1 cm³/mol. The third-order valence-corrected chi connectivity index (χ3v) is 4.43. The maximum absolute atomic E-state index is 11.9. The second-order valence-corrected chi connectivity index (χ2v) is 8.07. The van der Waals surface area contributed by atoms with E-state index in [9.17, 15) is 14.7 Å². The summed E-state index contributed by atoms with van der Waals surface area (Å²) in [6.07, 6.45) is -0.750. The number of carbonyl (C=O) groups excluding carboxylic acids is 1. The summed E-state index contributed by atoms with van der Waals surface area (Å²) >= 11 is 10.5. The second kappa shape index (κ2) is 7.08. The second-order valence-electron chi connectivity index (χ2n) is 5.75. The molecule has 0 saturated heterocycles. The zero-order valence-corrected chi connectivity index (χ0v) is 16.2. The quantitative estimate of drug-likeness (QED) is 0.688. The molecule has 6 nitrogen and oxygen atoms in total. The van der Waals surface area contributed by atoms with Gasteiger partial charge in [-0.2, -0.15) is 0 Å². The highest BCUT2D eigenvalue weighted by Gasteiger charge is 2.23. The molecule has 0 spiro atoms. The van der Waals surface area contributed by atoms with E-state index in [1.165, 1.54) is 0 Å². The standard InChI is InChI=1S/C15H14BrClN2O4S/c1-15(2,3)23-14(22)19-12-10(13(20)21)18-11(24-12)8-6-7(16)4-5-9(8)17/h4-6H,1-3H3,(H,19,22)(H,20,21). The van der Waals surface area contributed by atoms with Crippen LogP contribution in [0.2, 0.25) is 5.02 Å². The van der Waals surface area contributed by atoms with Crippen LogP contribution in [0.25, 0.3) is 10.6 Å². The first-order valence-electron chi connectivity index (χ1n) is 6.76. The smallest absolute Gasteiger partial charge is 0.412 e. The number of halogens is 2. The molecule has 2 N–H and O–H groups in total. The average Bonchev–Trinajstić information content (AvgIpc) is 2.83. The van der Waals surface area contributed by atoms with Crippen molar-refractivity contribution in [1.29, 1.82) is 0 Å². The van der Waals surface area contributed by atoms with E-state index < -0.39 is 17.7 Å². The molecule has 0 aliphatic rings. The summed E-state index contributed by atoms with van der Waals surface area (Å²) in [7, 11) is 0. The van der Waals surface area contributed by atoms with E-state index in [0.717, 1.165) is 15.8 Å². The van der Waals surface area contributed by atoms with E-state index >= 15 is 0 Å². The van der Waals surface area contributed by atoms with E-state index in [2.05, 4.69) is 26.2 Å². The van der Waals surface area contributed by atoms with Crippen LogP contribution in [-0.2, 0) is 4.74 Å². The van der Waals surface area contributed by atoms with Gasteiger partial charge in [0.25, 0.3) is 0 Å². The summed E-state index contributed by atoms with van der Waals surface area (Å²) in [4.78, 5) is 27.4. The van der Waals surface area contributed by atoms with Crippen LogP contribution in [0.4, 0.5) is 9.80 Å². The number of ether oxygens (including phenoxy) is 1. The van der Waals surface area contributed by atoms with Gasteiger partial charge in [0.2, 0.25) is 0 Å². The minimum Gasteiger partial charge on any atom is -0.476 e. The Labute approximate surface area is 155 Å². The fourth-order valence-electron chi connectivity index (χ4n) is 1.72. The Morgan fingerprint density at radius 2 is 2.04 bits per heavy atom. The van der Waals surface area contributed by atoms with Crippen LogP contribution in [0.3, 0.4) is 0 Å². The van der Waals surface area contributed by atoms with Gasteiger partial charge in [0, 0.05) is 10.0 Å². The van der Waals surface area contributed by atoms with Crippen LogP contribution >= 0.6 is 38.9 Å². The molecule has 1 aromatic heterocycles. The Bertz CT molecular complexity index is 801. The van der Waals surface area contributed by atoms with Gasteiger partial charge in [-0.15, -0.1) is 0 Å². The van der Waals surface area contributed by atoms with Crippen LogP contribution in [0.5, 0.6) is 0 Å². The van der Waals surface area contributed by atoms with Gasteiger partial charge in [-0.25, -0.2) is 14.6 Å². The molecule has 24 heavy (non-hydrogen) atoms. The summed E-state index contributed by atoms with van der Waals surface area (Å²) in [5.74, 6) is -1.25. The molecule has 2 rings (SSSR count). The maximum Gasteiger partial charge on any atom is 0.412 e. The van der Waals surface area contributed by atoms with Crippen molar-refractivity contribution >= 4 is 55.9 Å². The fraction of sp³-hybridized carbons (Fsp3) is 0.267. The number of aromatic nitrogens is 1. The number of carboxylic acid groups (broad SMARTS) is 1. The van der Waals surface area contributed by atoms with Gasteiger partial charge in [0.05, 0.1) is 5.02 Å². The van der Waals surface area contributed by atoms with Crippen molar-refractivity contribution in [2.24, 2.45) is 0 Å². The SMILES string of the molecule is CC(C)(C)OC(=O)Nc1sc(-c2cc(Br)ccc2Cl)nc1C(=O)O. The summed E-state index contributed by atoms with van der Waals surface area (Å²) < 4.78 is 5.91. The van der Waals surface area contributed by atoms with Crippen molar-refractivity contribution in [1.82, 2.24) is 4.98 Å². The third kappa shape index (κ3) is 4.68. The number of carbonyl (C=O) groups is 2. The number of hydrogen-bond donors (Lipinski definition) is 2. The minimum atomic E-state index is -1.25. The molecule has 0 saturated carbocycles. The molecule has 1 heterocycles. The molecule has 0 atom stereocenters. The number of benzene rings is 1. The number of aromatic carboxylic acids is 1. The summed E-state index contributed by atoms with van der Waals surface area (Å²) in [5.41, 5.74) is -0.401. The molecule has 0 aliphatic carbocycles. The number of anilines is 1. The highest BCUT2D eigenvalue weighted by molar-refractivity contribution is 9.10. The number of nitrogens with one attached hydrogen (secondary N) is 1. The van der Waals surface area contributed by atoms with Crippen molar-refractivity contribution in [3.63, 3.8) is 0 Å². The molecular weight excluding hydrogens is 420 g/mol. The summed E-state index contributed by atoms with van der Waals surface area (Å²) in [5, 5.41) is 12.6. The Kier molecular flexibility index (Phi) is 5.52. The van der Waals surface area contributed by atoms with Gasteiger partial charge >= 0.3 is 12.1 Å². The number of hydrogen-bond acceptors (Lipinski definition) is 5. The first-order chi connectivity index (χ1) is 11.1. The molecule has 1 amide bonds. The highest BCUT2D eigenvalue weighted by atomic mass is 79.9. The Hall–Kier alpha value is -1.64. The number of amides is 1. The Balaban J connectivity index is 2.39. The zero-order chi connectivity index (χ0) is 18.1. The molecule has 0 fully saturated rings. The molecule has 1 aromatic carbocycles. The number of carboxylic acids is 1. The number of rotatable bonds is 3. The lowest BCUT2D eigenvalue weighted by Crippen LogP contribution is -2.27. The molecule has 0 aliphatic heterocycles. The van der Waals surface area contributed by atoms with Crippen molar-refractivity contribution < 1.29 is 19.4 Å². The molecule has 0 unspecified atom stereocenters. The minimum absolute atomic E-state index is 0.0859. The van der Waals surface area contributed by atoms with E-state index in [-0.39, 0.29) is 10.7 Å². The number of thiazole rings is 1. The van der Waals surface area contributed by atoms with Crippen LogP contribution in [-0.4, -0.2) is 27.8 Å². The molecular formula is C15H14BrClN2O4S. The van der Waals surface area contributed by atoms with Gasteiger partial charge in [-0.05, 0) is 39.0 Å². The van der Waals surface area contributed by atoms with Gasteiger partial charge in [-0.3, -0.25) is 5.32 Å². The monoisotopic (exact) mass is 432 g/mol. The Morgan fingerprint density at radius 3 is 2.62 bits per heavy atom. The zero-order valence-electron chi connectivity index (χ0n) is 13.0. The van der Waals surface area contributed by atoms with Crippen LogP contribution in [0, 0.1) is 0 Å². The van der Waals surface area contributed by atoms with E-state index in [1.807, 2.05) is 0 Å². The molecule has 0 bridgehead atoms. The lowest BCUT2D eigenvalue weighted by molar-refractivity contribution is 0.0636. The van der Waals surface area contributed by atoms with Crippen molar-refractivity contribution in [2.75, 3.05) is 5.32 Å². The Morgan fingerprint density at radius 1 is 1.38 bits per heavy atom. The van der Waals surface area contributed by atoms with E-state index in [0.29, 0.717) is 15.6 Å². The maximum atomic E-state index is 11.9. The van der Waals surface area contributed by atoms with Crippen LogP contribution < -0.4 is 5.32 Å². The first-order valence-corrected chi connectivity index (χ1v) is 8.75. The summed E-state index contributed by atoms with van der Waals surface area (Å²) in [6, 6.07) is 5.16. The van der Waals surface area contributed by atoms with E-state index in [1.54, 1.807) is 39.0 Å². The van der Waals surface area contributed by atoms with Crippen molar-refractivity contribution in [3.05, 3.63) is 33.4 Å². The van der Waals surface area contributed by atoms with Crippen LogP contribution in [0.1, 0.15) is 31.3 Å². The molecule has 9 heteroatoms. The lowest BCUT2D eigenvalue weighted by Gasteiger charge is -2.19. The predicted octanol–water partition coefficient (Wildman–Crippen LogP) is 5.27. The highest BCUT2D eigenvalue weighted by Crippen LogP contribution is 2.37. The largest absolute Gasteiger partial charge is 0.476 e. The van der Waals surface area contributed by atoms with Gasteiger partial charge in [-0.1, -0.05) is 38.9 Å². The molecule has 2 aromatic rings. The lowest BCUT2D eigenvalue weighted by atomic mass is 10.2. The fourth-order valence-corrected chi connectivity index (χ4v) is 3.32. The van der Waals surface area contributed by atoms with E-state index in [4.69, 9.17) is 16.3 Å². The first kappa shape index (κ1) is 18.7. The topological polar surface area (TPSA) is 88.5 Å². The van der Waals surface area contributed by atoms with Gasteiger partial charge in [0.15, 0.2) is 5.69 Å². The molecule has 0 radical (unpaired) electrons. The summed E-state index contributed by atoms with van der Waals surface area (Å²) in [6.45, 7) is 5.14. The number of nitrogens with zero attached hydrogens (tertiary/aromatic N) is 1. The van der Waals surface area contributed by atoms with Gasteiger partial charge < -0.3 is 9.84 Å². The third-order valence-electron chi connectivity index (χ3n) is 2.60. The normalized spacial score (nSPS) is 11.2. The van der Waals surface area contributed by atoms with Crippen LogP contribution in [0.15, 0.2) is 22.7 Å².